The number of methoxy groups -OCH3 is 1. The first-order chi connectivity index (χ1) is 10.2. The van der Waals surface area contributed by atoms with Crippen LogP contribution in [0.15, 0.2) is 48.7 Å². The molecule has 0 saturated carbocycles. The number of carbonyl (C=O) groups excluding carboxylic acids is 1. The molecular formula is C17H14ClNO2. The van der Waals surface area contributed by atoms with Crippen LogP contribution in [0.5, 0.6) is 5.75 Å². The maximum Gasteiger partial charge on any atom is 0.169 e. The average molecular weight is 300 g/mol. The van der Waals surface area contributed by atoms with Gasteiger partial charge in [0, 0.05) is 29.1 Å². The van der Waals surface area contributed by atoms with Gasteiger partial charge >= 0.3 is 0 Å². The van der Waals surface area contributed by atoms with Gasteiger partial charge in [0.2, 0.25) is 0 Å². The smallest absolute Gasteiger partial charge is 0.169 e. The minimum atomic E-state index is 0.0412. The molecule has 0 saturated heterocycles. The summed E-state index contributed by atoms with van der Waals surface area (Å²) in [6.45, 7) is 0. The fourth-order valence-electron chi connectivity index (χ4n) is 2.38. The highest BCUT2D eigenvalue weighted by molar-refractivity contribution is 6.36. The predicted molar refractivity (Wildman–Crippen MR) is 84.3 cm³/mol. The normalized spacial score (nSPS) is 10.8. The summed E-state index contributed by atoms with van der Waals surface area (Å²) in [6, 6.07) is 13.1. The molecule has 3 rings (SSSR count). The van der Waals surface area contributed by atoms with Crippen LogP contribution in [0.25, 0.3) is 10.9 Å². The molecule has 0 fully saturated rings. The standard InChI is InChI=1S/C17H14ClNO2/c1-21-12-7-5-11(6-8-12)9-16(20)13-10-19-15-4-2-3-14(18)17(13)15/h2-8,10,19H,9H2,1H3. The van der Waals surface area contributed by atoms with Crippen molar-refractivity contribution in [3.8, 4) is 5.75 Å². The Bertz CT molecular complexity index is 790. The van der Waals surface area contributed by atoms with Crippen LogP contribution in [-0.2, 0) is 6.42 Å². The minimum absolute atomic E-state index is 0.0412. The van der Waals surface area contributed by atoms with E-state index >= 15 is 0 Å². The van der Waals surface area contributed by atoms with Crippen LogP contribution in [0.4, 0.5) is 0 Å². The molecule has 21 heavy (non-hydrogen) atoms. The van der Waals surface area contributed by atoms with Crippen molar-refractivity contribution in [1.29, 1.82) is 0 Å². The lowest BCUT2D eigenvalue weighted by Crippen LogP contribution is -2.02. The van der Waals surface area contributed by atoms with E-state index in [2.05, 4.69) is 4.98 Å². The van der Waals surface area contributed by atoms with Crippen molar-refractivity contribution in [2.75, 3.05) is 7.11 Å². The number of aromatic nitrogens is 1. The van der Waals surface area contributed by atoms with Crippen LogP contribution in [0.3, 0.4) is 0 Å². The summed E-state index contributed by atoms with van der Waals surface area (Å²) < 4.78 is 5.11. The van der Waals surface area contributed by atoms with Gasteiger partial charge in [0.25, 0.3) is 0 Å². The Labute approximate surface area is 127 Å². The molecule has 0 bridgehead atoms. The Morgan fingerprint density at radius 1 is 1.19 bits per heavy atom. The molecule has 3 nitrogen and oxygen atoms in total. The maximum atomic E-state index is 12.5. The molecule has 106 valence electrons. The van der Waals surface area contributed by atoms with E-state index in [1.54, 1.807) is 19.4 Å². The number of H-pyrrole nitrogens is 1. The monoisotopic (exact) mass is 299 g/mol. The SMILES string of the molecule is COc1ccc(CC(=O)c2c[nH]c3cccc(Cl)c23)cc1. The molecule has 0 atom stereocenters. The molecule has 1 aromatic heterocycles. The second-order valence-corrected chi connectivity index (χ2v) is 5.22. The average Bonchev–Trinajstić information content (AvgIpc) is 2.93. The number of benzene rings is 2. The highest BCUT2D eigenvalue weighted by Gasteiger charge is 2.14. The largest absolute Gasteiger partial charge is 0.497 e. The van der Waals surface area contributed by atoms with Crippen LogP contribution in [0.1, 0.15) is 15.9 Å². The van der Waals surface area contributed by atoms with Gasteiger partial charge in [-0.15, -0.1) is 0 Å². The Balaban J connectivity index is 1.90. The molecule has 0 aliphatic heterocycles. The summed E-state index contributed by atoms with van der Waals surface area (Å²) in [7, 11) is 1.62. The van der Waals surface area contributed by atoms with Gasteiger partial charge in [-0.1, -0.05) is 29.8 Å². The molecule has 0 aliphatic rings. The van der Waals surface area contributed by atoms with Crippen LogP contribution in [-0.4, -0.2) is 17.9 Å². The van der Waals surface area contributed by atoms with E-state index in [9.17, 15) is 4.79 Å². The summed E-state index contributed by atoms with van der Waals surface area (Å²) in [5.74, 6) is 0.820. The van der Waals surface area contributed by atoms with Crippen molar-refractivity contribution < 1.29 is 9.53 Å². The number of ketones is 1. The highest BCUT2D eigenvalue weighted by Crippen LogP contribution is 2.27. The summed E-state index contributed by atoms with van der Waals surface area (Å²) in [5, 5.41) is 1.38. The number of fused-ring (bicyclic) bond motifs is 1. The van der Waals surface area contributed by atoms with Gasteiger partial charge in [-0.25, -0.2) is 0 Å². The van der Waals surface area contributed by atoms with Crippen LogP contribution in [0.2, 0.25) is 5.02 Å². The minimum Gasteiger partial charge on any atom is -0.497 e. The van der Waals surface area contributed by atoms with Crippen molar-refractivity contribution in [1.82, 2.24) is 4.98 Å². The zero-order valence-corrected chi connectivity index (χ0v) is 12.3. The van der Waals surface area contributed by atoms with Gasteiger partial charge in [-0.2, -0.15) is 0 Å². The number of carbonyl (C=O) groups is 1. The number of Topliss-reactive ketones (excluding diaryl/α,β-unsaturated/α-hetero) is 1. The highest BCUT2D eigenvalue weighted by atomic mass is 35.5. The molecule has 1 N–H and O–H groups in total. The molecule has 0 amide bonds. The number of ether oxygens (including phenoxy) is 1. The fraction of sp³-hybridized carbons (Fsp3) is 0.118. The van der Waals surface area contributed by atoms with E-state index in [0.29, 0.717) is 17.0 Å². The summed E-state index contributed by atoms with van der Waals surface area (Å²) >= 11 is 6.20. The molecule has 3 aromatic rings. The van der Waals surface area contributed by atoms with Gasteiger partial charge < -0.3 is 9.72 Å². The zero-order valence-electron chi connectivity index (χ0n) is 11.5. The third-order valence-corrected chi connectivity index (χ3v) is 3.79. The van der Waals surface area contributed by atoms with Crippen LogP contribution >= 0.6 is 11.6 Å². The Kier molecular flexibility index (Phi) is 3.67. The number of aromatic amines is 1. The van der Waals surface area contributed by atoms with Gasteiger partial charge in [0.1, 0.15) is 5.75 Å². The van der Waals surface area contributed by atoms with Crippen LogP contribution < -0.4 is 4.74 Å². The van der Waals surface area contributed by atoms with E-state index in [4.69, 9.17) is 16.3 Å². The first kappa shape index (κ1) is 13.7. The first-order valence-electron chi connectivity index (χ1n) is 6.61. The quantitative estimate of drug-likeness (QED) is 0.732. The second-order valence-electron chi connectivity index (χ2n) is 4.81. The predicted octanol–water partition coefficient (Wildman–Crippen LogP) is 4.26. The van der Waals surface area contributed by atoms with Crippen LogP contribution in [0, 0.1) is 0 Å². The molecular weight excluding hydrogens is 286 g/mol. The van der Waals surface area contributed by atoms with Crippen molar-refractivity contribution in [3.05, 3.63) is 64.8 Å². The Morgan fingerprint density at radius 3 is 2.67 bits per heavy atom. The first-order valence-corrected chi connectivity index (χ1v) is 6.98. The van der Waals surface area contributed by atoms with Gasteiger partial charge in [-0.05, 0) is 29.8 Å². The maximum absolute atomic E-state index is 12.5. The number of nitrogens with one attached hydrogen (secondary N) is 1. The molecule has 0 unspecified atom stereocenters. The third kappa shape index (κ3) is 2.65. The summed E-state index contributed by atoms with van der Waals surface area (Å²) in [4.78, 5) is 15.6. The number of halogens is 1. The Hall–Kier alpha value is -2.26. The molecule has 0 radical (unpaired) electrons. The molecule has 0 aliphatic carbocycles. The van der Waals surface area contributed by atoms with Gasteiger partial charge in [0.05, 0.1) is 12.1 Å². The molecule has 2 aromatic carbocycles. The Morgan fingerprint density at radius 2 is 1.95 bits per heavy atom. The lowest BCUT2D eigenvalue weighted by molar-refractivity contribution is 0.0994. The van der Waals surface area contributed by atoms with Crippen molar-refractivity contribution in [2.24, 2.45) is 0 Å². The van der Waals surface area contributed by atoms with Crippen molar-refractivity contribution in [2.45, 2.75) is 6.42 Å². The van der Waals surface area contributed by atoms with E-state index in [-0.39, 0.29) is 5.78 Å². The summed E-state index contributed by atoms with van der Waals surface area (Å²) in [5.41, 5.74) is 2.45. The lowest BCUT2D eigenvalue weighted by atomic mass is 10.0. The second kappa shape index (κ2) is 5.62. The third-order valence-electron chi connectivity index (χ3n) is 3.48. The zero-order chi connectivity index (χ0) is 14.8. The van der Waals surface area contributed by atoms with Crippen molar-refractivity contribution in [3.63, 3.8) is 0 Å². The molecule has 1 heterocycles. The van der Waals surface area contributed by atoms with E-state index in [0.717, 1.165) is 22.2 Å². The van der Waals surface area contributed by atoms with E-state index < -0.39 is 0 Å². The molecule has 4 heteroatoms. The fourth-order valence-corrected chi connectivity index (χ4v) is 2.66. The number of hydrogen-bond donors (Lipinski definition) is 1. The van der Waals surface area contributed by atoms with Gasteiger partial charge in [0.15, 0.2) is 5.78 Å². The topological polar surface area (TPSA) is 42.1 Å². The lowest BCUT2D eigenvalue weighted by Gasteiger charge is -2.03. The van der Waals surface area contributed by atoms with E-state index in [1.807, 2.05) is 36.4 Å². The molecule has 0 spiro atoms. The van der Waals surface area contributed by atoms with E-state index in [1.165, 1.54) is 0 Å². The summed E-state index contributed by atoms with van der Waals surface area (Å²) in [6.07, 6.45) is 2.06. The number of hydrogen-bond acceptors (Lipinski definition) is 2. The van der Waals surface area contributed by atoms with Gasteiger partial charge in [-0.3, -0.25) is 4.79 Å². The van der Waals surface area contributed by atoms with Crippen molar-refractivity contribution >= 4 is 28.3 Å². The number of rotatable bonds is 4.